The molecule has 21 aromatic rings. The Balaban J connectivity index is 0.000000139. The number of pyridine rings is 10. The monoisotopic (exact) mass is 1320 g/mol. The van der Waals surface area contributed by atoms with Gasteiger partial charge < -0.3 is 0 Å². The van der Waals surface area contributed by atoms with Crippen molar-refractivity contribution in [3.63, 3.8) is 0 Å². The largest absolute Gasteiger partial charge is 0.264 e. The molecular weight excluding hydrogens is 1270 g/mol. The lowest BCUT2D eigenvalue weighted by Gasteiger charge is -2.13. The third-order valence-electron chi connectivity index (χ3n) is 20.2. The van der Waals surface area contributed by atoms with Gasteiger partial charge in [-0.15, -0.1) is 0 Å². The van der Waals surface area contributed by atoms with Crippen LogP contribution in [0.5, 0.6) is 0 Å². The number of rotatable bonds is 8. The van der Waals surface area contributed by atoms with Crippen LogP contribution >= 0.6 is 0 Å². The Hall–Kier alpha value is -14.2. The number of aromatic nitrogens is 10. The number of hydrogen-bond acceptors (Lipinski definition) is 10. The summed E-state index contributed by atoms with van der Waals surface area (Å²) in [6.07, 6.45) is 13.0. The lowest BCUT2D eigenvalue weighted by atomic mass is 9.95. The van der Waals surface area contributed by atoms with Gasteiger partial charge in [-0.2, -0.15) is 0 Å². The molecule has 0 aliphatic heterocycles. The molecule has 0 unspecified atom stereocenters. The molecule has 0 bridgehead atoms. The average molecular weight is 1330 g/mol. The van der Waals surface area contributed by atoms with E-state index in [2.05, 4.69) is 298 Å². The third-order valence-corrected chi connectivity index (χ3v) is 20.2. The lowest BCUT2D eigenvalue weighted by Crippen LogP contribution is -1.92. The highest BCUT2D eigenvalue weighted by Crippen LogP contribution is 2.40. The van der Waals surface area contributed by atoms with Gasteiger partial charge in [-0.05, 0) is 152 Å². The Labute approximate surface area is 596 Å². The van der Waals surface area contributed by atoms with E-state index in [0.29, 0.717) is 0 Å². The van der Waals surface area contributed by atoms with Crippen molar-refractivity contribution < 1.29 is 0 Å². The van der Waals surface area contributed by atoms with E-state index in [0.717, 1.165) is 209 Å². The van der Waals surface area contributed by atoms with Crippen LogP contribution in [0, 0.1) is 0 Å². The zero-order valence-corrected chi connectivity index (χ0v) is 55.8. The molecule has 482 valence electrons. The number of fused-ring (bicyclic) bond motifs is 13. The second kappa shape index (κ2) is 24.9. The first-order chi connectivity index (χ1) is 51.5. The SMILES string of the molecule is c1cc(-c2ccc3ccc(-c4ccc5nc(-c6ccc(-c7ccc8ccc9cccnc9c8n7)c7ccccc67)ccc5c4)cc3n2)c2cnccc2c1.c1cc(-c2ccc3ccc(-c4ccc5nc(-c6ccc(-c7ccnc8c7ccc7cccnc78)cc6)ccc5c4)cc3n2)c2cnccc2c1. The van der Waals surface area contributed by atoms with E-state index in [1.807, 2.05) is 67.6 Å². The predicted molar refractivity (Wildman–Crippen MR) is 427 cm³/mol. The molecule has 0 spiro atoms. The van der Waals surface area contributed by atoms with Crippen molar-refractivity contribution in [3.8, 4) is 89.7 Å². The van der Waals surface area contributed by atoms with Crippen molar-refractivity contribution in [1.29, 1.82) is 0 Å². The summed E-state index contributed by atoms with van der Waals surface area (Å²) in [4.78, 5) is 48.3. The number of benzene rings is 11. The second-order valence-electron chi connectivity index (χ2n) is 26.3. The molecule has 0 amide bonds. The van der Waals surface area contributed by atoms with Gasteiger partial charge in [-0.1, -0.05) is 200 Å². The van der Waals surface area contributed by atoms with Crippen molar-refractivity contribution in [2.24, 2.45) is 0 Å². The van der Waals surface area contributed by atoms with Gasteiger partial charge in [0, 0.05) is 125 Å². The van der Waals surface area contributed by atoms with Crippen LogP contribution in [0.15, 0.2) is 341 Å². The third kappa shape index (κ3) is 10.7. The van der Waals surface area contributed by atoms with Crippen LogP contribution in [0.3, 0.4) is 0 Å². The molecule has 11 aromatic carbocycles. The van der Waals surface area contributed by atoms with Gasteiger partial charge in [-0.3, -0.25) is 24.9 Å². The Morgan fingerprint density at radius 1 is 0.173 bits per heavy atom. The number of hydrogen-bond donors (Lipinski definition) is 0. The molecule has 0 N–H and O–H groups in total. The first-order valence-corrected chi connectivity index (χ1v) is 34.7. The van der Waals surface area contributed by atoms with Gasteiger partial charge in [0.1, 0.15) is 0 Å². The van der Waals surface area contributed by atoms with Gasteiger partial charge >= 0.3 is 0 Å². The summed E-state index contributed by atoms with van der Waals surface area (Å²) in [5.41, 5.74) is 24.4. The van der Waals surface area contributed by atoms with Gasteiger partial charge in [0.2, 0.25) is 0 Å². The van der Waals surface area contributed by atoms with E-state index in [-0.39, 0.29) is 0 Å². The molecule has 104 heavy (non-hydrogen) atoms. The van der Waals surface area contributed by atoms with E-state index in [1.165, 1.54) is 0 Å². The molecular formula is C94H56N10. The smallest absolute Gasteiger partial charge is 0.0972 e. The fourth-order valence-electron chi connectivity index (χ4n) is 14.9. The van der Waals surface area contributed by atoms with Crippen LogP contribution in [0.1, 0.15) is 0 Å². The summed E-state index contributed by atoms with van der Waals surface area (Å²) in [6, 6.07) is 104. The molecule has 0 saturated carbocycles. The minimum absolute atomic E-state index is 0.915. The Bertz CT molecular complexity index is 7070. The maximum atomic E-state index is 5.19. The minimum Gasteiger partial charge on any atom is -0.264 e. The molecule has 0 atom stereocenters. The summed E-state index contributed by atoms with van der Waals surface area (Å²) in [6.45, 7) is 0. The van der Waals surface area contributed by atoms with Gasteiger partial charge in [0.25, 0.3) is 0 Å². The van der Waals surface area contributed by atoms with E-state index >= 15 is 0 Å². The number of nitrogens with zero attached hydrogens (tertiary/aromatic N) is 10. The highest BCUT2D eigenvalue weighted by molar-refractivity contribution is 6.10. The summed E-state index contributed by atoms with van der Waals surface area (Å²) >= 11 is 0. The van der Waals surface area contributed by atoms with Gasteiger partial charge in [0.05, 0.1) is 72.6 Å². The van der Waals surface area contributed by atoms with Crippen LogP contribution in [-0.4, -0.2) is 49.8 Å². The Morgan fingerprint density at radius 3 is 1.17 bits per heavy atom. The fraction of sp³-hybridized carbons (Fsp3) is 0. The molecule has 0 radical (unpaired) electrons. The van der Waals surface area contributed by atoms with Crippen molar-refractivity contribution in [3.05, 3.63) is 341 Å². The molecule has 0 aliphatic rings. The van der Waals surface area contributed by atoms with E-state index in [4.69, 9.17) is 24.9 Å². The zero-order chi connectivity index (χ0) is 68.6. The van der Waals surface area contributed by atoms with E-state index in [1.54, 1.807) is 0 Å². The molecule has 21 rings (SSSR count). The molecule has 10 nitrogen and oxygen atoms in total. The van der Waals surface area contributed by atoms with Gasteiger partial charge in [-0.25, -0.2) is 24.9 Å². The maximum Gasteiger partial charge on any atom is 0.0972 e. The molecule has 10 heteroatoms. The Morgan fingerprint density at radius 2 is 0.587 bits per heavy atom. The molecule has 10 aromatic heterocycles. The molecule has 0 saturated heterocycles. The molecule has 0 aliphatic carbocycles. The summed E-state index contributed by atoms with van der Waals surface area (Å²) in [7, 11) is 0. The second-order valence-corrected chi connectivity index (χ2v) is 26.3. The van der Waals surface area contributed by atoms with Crippen molar-refractivity contribution in [2.45, 2.75) is 0 Å². The summed E-state index contributed by atoms with van der Waals surface area (Å²) in [5, 5.41) is 15.5. The normalized spacial score (nSPS) is 11.7. The highest BCUT2D eigenvalue weighted by atomic mass is 14.8. The Kier molecular flexibility index (Phi) is 14.3. The van der Waals surface area contributed by atoms with E-state index in [9.17, 15) is 0 Å². The fourth-order valence-corrected chi connectivity index (χ4v) is 14.9. The highest BCUT2D eigenvalue weighted by Gasteiger charge is 2.17. The average Bonchev–Trinajstić information content (AvgIpc) is 0.778. The van der Waals surface area contributed by atoms with Crippen LogP contribution in [0.4, 0.5) is 0 Å². The summed E-state index contributed by atoms with van der Waals surface area (Å²) < 4.78 is 0. The molecule has 0 fully saturated rings. The first-order valence-electron chi connectivity index (χ1n) is 34.7. The first kappa shape index (κ1) is 59.8. The quantitative estimate of drug-likeness (QED) is 0.136. The van der Waals surface area contributed by atoms with Crippen LogP contribution < -0.4 is 0 Å². The maximum absolute atomic E-state index is 5.19. The van der Waals surface area contributed by atoms with Crippen LogP contribution in [0.2, 0.25) is 0 Å². The standard InChI is InChI=1S/C49H29N5.C45H27N5/c1-2-8-38-37(7-1)40(18-19-41(38)46-22-15-33-12-11-32-6-4-25-51-48(32)49(33)54-46)45-23-17-36-27-34(16-20-43(36)52-45)35-13-10-31-14-21-44(53-47(31)28-35)39-9-3-5-30-24-26-50-29-42(30)39;1-3-28-20-23-46-27-39(28)37(5-1)42-19-13-31-10-11-34(26-43(31)50-42)33-14-17-41-35(25-33)15-18-40(49-41)30-8-6-29(7-9-30)36-21-24-48-45-38(36)16-12-32-4-2-22-47-44(32)45/h1-29H;1-27H. The van der Waals surface area contributed by atoms with E-state index < -0.39 is 0 Å². The van der Waals surface area contributed by atoms with Gasteiger partial charge in [0.15, 0.2) is 0 Å². The topological polar surface area (TPSA) is 129 Å². The van der Waals surface area contributed by atoms with Crippen molar-refractivity contribution in [1.82, 2.24) is 49.8 Å². The zero-order valence-electron chi connectivity index (χ0n) is 55.8. The van der Waals surface area contributed by atoms with Crippen LogP contribution in [0.25, 0.3) is 209 Å². The predicted octanol–water partition coefficient (Wildman–Crippen LogP) is 23.3. The van der Waals surface area contributed by atoms with Crippen molar-refractivity contribution >= 4 is 120 Å². The summed E-state index contributed by atoms with van der Waals surface area (Å²) in [5.74, 6) is 0. The lowest BCUT2D eigenvalue weighted by molar-refractivity contribution is 1.35. The minimum atomic E-state index is 0.915. The van der Waals surface area contributed by atoms with Crippen molar-refractivity contribution in [2.75, 3.05) is 0 Å². The van der Waals surface area contributed by atoms with Crippen LogP contribution in [-0.2, 0) is 0 Å². The molecule has 10 heterocycles.